The molecule has 0 bridgehead atoms. The van der Waals surface area contributed by atoms with Crippen molar-refractivity contribution in [2.45, 2.75) is 19.1 Å². The molecule has 2 aliphatic rings. The molecular weight excluding hydrogens is 378 g/mol. The van der Waals surface area contributed by atoms with E-state index >= 15 is 0 Å². The van der Waals surface area contributed by atoms with Gasteiger partial charge < -0.3 is 14.5 Å². The normalized spacial score (nSPS) is 17.1. The monoisotopic (exact) mass is 399 g/mol. The van der Waals surface area contributed by atoms with E-state index in [2.05, 4.69) is 11.1 Å². The molecule has 1 aromatic heterocycles. The van der Waals surface area contributed by atoms with E-state index in [-0.39, 0.29) is 12.5 Å². The lowest BCUT2D eigenvalue weighted by Crippen LogP contribution is -2.46. The third-order valence-electron chi connectivity index (χ3n) is 5.65. The van der Waals surface area contributed by atoms with Gasteiger partial charge in [0.15, 0.2) is 6.29 Å². The summed E-state index contributed by atoms with van der Waals surface area (Å²) in [5, 5.41) is 0. The highest BCUT2D eigenvalue weighted by Gasteiger charge is 2.34. The number of rotatable bonds is 4. The summed E-state index contributed by atoms with van der Waals surface area (Å²) in [5.74, 6) is 0.559. The van der Waals surface area contributed by atoms with Gasteiger partial charge in [0.1, 0.15) is 12.3 Å². The highest BCUT2D eigenvalue weighted by molar-refractivity contribution is 5.98. The van der Waals surface area contributed by atoms with E-state index in [4.69, 9.17) is 4.74 Å². The molecule has 0 radical (unpaired) electrons. The van der Waals surface area contributed by atoms with Crippen LogP contribution in [0.1, 0.15) is 12.0 Å². The number of ether oxygens (including phenoxy) is 1. The van der Waals surface area contributed by atoms with Gasteiger partial charge in [-0.1, -0.05) is 30.3 Å². The van der Waals surface area contributed by atoms with Crippen molar-refractivity contribution in [2.75, 3.05) is 22.9 Å². The Balaban J connectivity index is 1.45. The average molecular weight is 399 g/mol. The van der Waals surface area contributed by atoms with Crippen molar-refractivity contribution in [1.29, 1.82) is 0 Å². The molecule has 1 atom stereocenters. The molecule has 0 spiro atoms. The minimum atomic E-state index is -0.812. The van der Waals surface area contributed by atoms with Crippen molar-refractivity contribution in [2.24, 2.45) is 0 Å². The molecule has 0 saturated heterocycles. The maximum atomic E-state index is 13.2. The molecule has 1 amide bonds. The van der Waals surface area contributed by atoms with E-state index in [0.29, 0.717) is 12.3 Å². The summed E-state index contributed by atoms with van der Waals surface area (Å²) < 4.78 is 5.79. The van der Waals surface area contributed by atoms with Gasteiger partial charge in [-0.05, 0) is 48.2 Å². The van der Waals surface area contributed by atoms with Crippen molar-refractivity contribution in [3.05, 3.63) is 72.6 Å². The van der Waals surface area contributed by atoms with E-state index in [1.165, 1.54) is 5.56 Å². The number of fused-ring (bicyclic) bond motifs is 2. The number of para-hydroxylation sites is 1. The lowest BCUT2D eigenvalue weighted by molar-refractivity contribution is -0.118. The second-order valence-electron chi connectivity index (χ2n) is 7.47. The molecule has 3 heterocycles. The smallest absolute Gasteiger partial charge is 0.246 e. The lowest BCUT2D eigenvalue weighted by Gasteiger charge is -2.31. The van der Waals surface area contributed by atoms with Gasteiger partial charge in [0, 0.05) is 30.2 Å². The summed E-state index contributed by atoms with van der Waals surface area (Å²) in [7, 11) is 0. The van der Waals surface area contributed by atoms with Crippen LogP contribution in [0.25, 0.3) is 11.1 Å². The minimum Gasteiger partial charge on any atom is -0.461 e. The zero-order valence-electron chi connectivity index (χ0n) is 16.4. The Hall–Kier alpha value is -3.67. The second kappa shape index (κ2) is 7.63. The molecule has 5 rings (SSSR count). The number of aldehydes is 1. The Morgan fingerprint density at radius 3 is 2.83 bits per heavy atom. The number of nitrogens with zero attached hydrogens (tertiary/aromatic N) is 3. The van der Waals surface area contributed by atoms with Crippen LogP contribution in [0.5, 0.6) is 5.75 Å². The van der Waals surface area contributed by atoms with Crippen LogP contribution >= 0.6 is 0 Å². The quantitative estimate of drug-likeness (QED) is 0.629. The molecule has 0 fully saturated rings. The summed E-state index contributed by atoms with van der Waals surface area (Å²) >= 11 is 0. The van der Waals surface area contributed by atoms with Gasteiger partial charge in [-0.3, -0.25) is 14.6 Å². The van der Waals surface area contributed by atoms with Crippen molar-refractivity contribution in [1.82, 2.24) is 4.98 Å². The number of benzene rings is 2. The van der Waals surface area contributed by atoms with Crippen LogP contribution in [0.2, 0.25) is 0 Å². The minimum absolute atomic E-state index is 0.0442. The van der Waals surface area contributed by atoms with Crippen molar-refractivity contribution >= 4 is 23.6 Å². The third kappa shape index (κ3) is 3.20. The van der Waals surface area contributed by atoms with Gasteiger partial charge in [0.05, 0.1) is 5.69 Å². The fourth-order valence-corrected chi connectivity index (χ4v) is 4.19. The molecule has 0 saturated carbocycles. The Morgan fingerprint density at radius 2 is 2.00 bits per heavy atom. The summed E-state index contributed by atoms with van der Waals surface area (Å²) in [4.78, 5) is 32.7. The molecule has 150 valence electrons. The highest BCUT2D eigenvalue weighted by Crippen LogP contribution is 2.40. The fourth-order valence-electron chi connectivity index (χ4n) is 4.19. The van der Waals surface area contributed by atoms with Crippen LogP contribution in [0.3, 0.4) is 0 Å². The molecule has 1 unspecified atom stereocenters. The zero-order valence-corrected chi connectivity index (χ0v) is 16.4. The number of hydrogen-bond donors (Lipinski definition) is 0. The molecule has 0 aliphatic carbocycles. The molecular formula is C24H21N3O3. The van der Waals surface area contributed by atoms with Crippen LogP contribution in [-0.2, 0) is 16.0 Å². The van der Waals surface area contributed by atoms with Crippen LogP contribution in [-0.4, -0.2) is 36.5 Å². The van der Waals surface area contributed by atoms with Gasteiger partial charge in [-0.2, -0.15) is 0 Å². The first-order valence-electron chi connectivity index (χ1n) is 10.1. The van der Waals surface area contributed by atoms with Gasteiger partial charge >= 0.3 is 0 Å². The summed E-state index contributed by atoms with van der Waals surface area (Å²) in [6.45, 7) is 0.750. The first-order valence-corrected chi connectivity index (χ1v) is 10.1. The molecule has 2 aromatic carbocycles. The average Bonchev–Trinajstić information content (AvgIpc) is 3.16. The standard InChI is InChI=1S/C24H21N3O3/c28-16-24-27(15-23(29)26-12-4-7-17-5-1-2-8-20(17)26)21-13-18(9-10-22(21)30-24)19-6-3-11-25-14-19/h1-3,5-6,8-11,13-14,16,24H,4,7,12,15H2. The van der Waals surface area contributed by atoms with Gasteiger partial charge in [-0.25, -0.2) is 0 Å². The predicted molar refractivity (Wildman–Crippen MR) is 115 cm³/mol. The summed E-state index contributed by atoms with van der Waals surface area (Å²) in [6, 6.07) is 17.6. The Bertz CT molecular complexity index is 1100. The molecule has 30 heavy (non-hydrogen) atoms. The SMILES string of the molecule is O=CC1Oc2ccc(-c3cccnc3)cc2N1CC(=O)N1CCCc2ccccc21. The largest absolute Gasteiger partial charge is 0.461 e. The van der Waals surface area contributed by atoms with Crippen molar-refractivity contribution in [3.8, 4) is 16.9 Å². The van der Waals surface area contributed by atoms with Crippen LogP contribution in [0.15, 0.2) is 67.0 Å². The Labute approximate surface area is 174 Å². The topological polar surface area (TPSA) is 62.7 Å². The number of hydrogen-bond acceptors (Lipinski definition) is 5. The third-order valence-corrected chi connectivity index (χ3v) is 5.65. The molecule has 3 aromatic rings. The van der Waals surface area contributed by atoms with Gasteiger partial charge in [0.25, 0.3) is 0 Å². The molecule has 6 heteroatoms. The Kier molecular flexibility index (Phi) is 4.67. The first-order chi connectivity index (χ1) is 14.7. The van der Waals surface area contributed by atoms with Crippen LogP contribution < -0.4 is 14.5 Å². The predicted octanol–water partition coefficient (Wildman–Crippen LogP) is 3.45. The van der Waals surface area contributed by atoms with Crippen LogP contribution in [0, 0.1) is 0 Å². The number of anilines is 2. The molecule has 2 aliphatic heterocycles. The fraction of sp³-hybridized carbons (Fsp3) is 0.208. The zero-order chi connectivity index (χ0) is 20.5. The second-order valence-corrected chi connectivity index (χ2v) is 7.47. The van der Waals surface area contributed by atoms with Crippen LogP contribution in [0.4, 0.5) is 11.4 Å². The number of aryl methyl sites for hydroxylation is 1. The van der Waals surface area contributed by atoms with E-state index < -0.39 is 6.23 Å². The number of carbonyl (C=O) groups excluding carboxylic acids is 2. The summed E-state index contributed by atoms with van der Waals surface area (Å²) in [5.41, 5.74) is 4.80. The lowest BCUT2D eigenvalue weighted by atomic mass is 10.0. The van der Waals surface area contributed by atoms with E-state index in [0.717, 1.165) is 41.6 Å². The van der Waals surface area contributed by atoms with E-state index in [9.17, 15) is 9.59 Å². The van der Waals surface area contributed by atoms with Crippen molar-refractivity contribution in [3.63, 3.8) is 0 Å². The van der Waals surface area contributed by atoms with Gasteiger partial charge in [-0.15, -0.1) is 0 Å². The van der Waals surface area contributed by atoms with Gasteiger partial charge in [0.2, 0.25) is 12.1 Å². The maximum absolute atomic E-state index is 13.2. The number of pyridine rings is 1. The molecule has 6 nitrogen and oxygen atoms in total. The molecule has 0 N–H and O–H groups in total. The van der Waals surface area contributed by atoms with E-state index in [1.807, 2.05) is 53.4 Å². The highest BCUT2D eigenvalue weighted by atomic mass is 16.5. The van der Waals surface area contributed by atoms with E-state index in [1.54, 1.807) is 17.3 Å². The number of carbonyl (C=O) groups is 2. The maximum Gasteiger partial charge on any atom is 0.246 e. The summed E-state index contributed by atoms with van der Waals surface area (Å²) in [6.07, 6.45) is 5.34. The number of amides is 1. The number of aromatic nitrogens is 1. The van der Waals surface area contributed by atoms with Crippen molar-refractivity contribution < 1.29 is 14.3 Å². The Morgan fingerprint density at radius 1 is 1.10 bits per heavy atom. The first kappa shape index (κ1) is 18.4.